The Bertz CT molecular complexity index is 92.9. The summed E-state index contributed by atoms with van der Waals surface area (Å²) in [6.07, 6.45) is 0. The third-order valence-electron chi connectivity index (χ3n) is 0. The number of hydroxylamine groups is 6. The van der Waals surface area contributed by atoms with E-state index in [0.29, 0.717) is 0 Å². The smallest absolute Gasteiger partial charge is 0.0979 e. The van der Waals surface area contributed by atoms with E-state index in [9.17, 15) is 5.21 Å². The third kappa shape index (κ3) is 37700. The Labute approximate surface area is 107 Å². The number of rotatable bonds is 0. The average molecular weight is 262 g/mol. The minimum absolute atomic E-state index is 0. The maximum Gasteiger partial charge on any atom is 0.0979 e. The van der Waals surface area contributed by atoms with E-state index in [1.54, 1.807) is 42.3 Å². The zero-order valence-electron chi connectivity index (χ0n) is 12.2. The van der Waals surface area contributed by atoms with Crippen molar-refractivity contribution in [1.82, 2.24) is 4.90 Å². The van der Waals surface area contributed by atoms with Gasteiger partial charge in [-0.3, -0.25) is 0 Å². The first-order valence-corrected chi connectivity index (χ1v) is 4.41. The first kappa shape index (κ1) is 36.0. The van der Waals surface area contributed by atoms with E-state index in [-0.39, 0.29) is 27.7 Å². The highest BCUT2D eigenvalue weighted by atomic mass is 16.5. The fourth-order valence-electron chi connectivity index (χ4n) is 0. The zero-order valence-corrected chi connectivity index (χ0v) is 12.2. The lowest BCUT2D eigenvalue weighted by Gasteiger charge is -2.27. The summed E-state index contributed by atoms with van der Waals surface area (Å²) < 4.78 is -0.250. The fraction of sp³-hybridized carbons (Fsp3) is 1.00. The van der Waals surface area contributed by atoms with Crippen LogP contribution in [0.1, 0.15) is 7.43 Å². The van der Waals surface area contributed by atoms with E-state index < -0.39 is 0 Å². The largest absolute Gasteiger partial charge is 0.633 e. The molecule has 0 heterocycles. The SMILES string of the molecule is C.CN(C)C.C[N+](C)(C)O.C[N+](C)(C)[O-].O.O. The van der Waals surface area contributed by atoms with Crippen LogP contribution in [0.2, 0.25) is 0 Å². The molecule has 0 rings (SSSR count). The Morgan fingerprint density at radius 3 is 0.824 bits per heavy atom. The maximum atomic E-state index is 10.0. The standard InChI is InChI=1S/C3H10NO.C3H9NO.C3H9N.CH4.2H2O/c2*1-4(2,3)5;1-4(2)3;;;/h5H,1-3H3;1-3H3;1-3H3;1H4;2*1H2/q+1;;;;;. The van der Waals surface area contributed by atoms with Crippen LogP contribution in [0.3, 0.4) is 0 Å². The Kier molecular flexibility index (Phi) is 33.2. The van der Waals surface area contributed by atoms with Crippen LogP contribution in [0.25, 0.3) is 0 Å². The molecule has 114 valence electrons. The second kappa shape index (κ2) is 15.7. The van der Waals surface area contributed by atoms with E-state index >= 15 is 0 Å². The van der Waals surface area contributed by atoms with Crippen LogP contribution in [0.4, 0.5) is 0 Å². The molecule has 0 atom stereocenters. The van der Waals surface area contributed by atoms with Gasteiger partial charge in [0.05, 0.1) is 42.3 Å². The van der Waals surface area contributed by atoms with Gasteiger partial charge in [0.2, 0.25) is 0 Å². The summed E-state index contributed by atoms with van der Waals surface area (Å²) in [5.41, 5.74) is 0. The van der Waals surface area contributed by atoms with Gasteiger partial charge in [0, 0.05) is 0 Å². The van der Waals surface area contributed by atoms with E-state index in [4.69, 9.17) is 5.21 Å². The molecule has 0 radical (unpaired) electrons. The lowest BCUT2D eigenvalue weighted by molar-refractivity contribution is -1.06. The van der Waals surface area contributed by atoms with Crippen molar-refractivity contribution in [2.24, 2.45) is 0 Å². The first-order chi connectivity index (χ1) is 5.73. The molecule has 0 aliphatic rings. The van der Waals surface area contributed by atoms with Gasteiger partial charge in [-0.05, 0) is 21.1 Å². The van der Waals surface area contributed by atoms with Gasteiger partial charge in [-0.25, -0.2) is 5.21 Å². The molecule has 0 aromatic carbocycles. The molecular weight excluding hydrogens is 226 g/mol. The van der Waals surface area contributed by atoms with Crippen LogP contribution in [-0.4, -0.2) is 93.8 Å². The van der Waals surface area contributed by atoms with Gasteiger partial charge >= 0.3 is 0 Å². The molecule has 0 amide bonds. The van der Waals surface area contributed by atoms with Crippen LogP contribution in [0.15, 0.2) is 0 Å². The van der Waals surface area contributed by atoms with Gasteiger partial charge in [-0.15, -0.1) is 0 Å². The van der Waals surface area contributed by atoms with Crippen LogP contribution in [0, 0.1) is 5.21 Å². The van der Waals surface area contributed by atoms with Crippen LogP contribution >= 0.6 is 0 Å². The Balaban J connectivity index is -0.0000000247. The molecule has 0 unspecified atom stereocenters. The monoisotopic (exact) mass is 262 g/mol. The topological polar surface area (TPSA) is 110 Å². The number of quaternary nitrogens is 2. The molecule has 0 spiro atoms. The third-order valence-corrected chi connectivity index (χ3v) is 0. The molecule has 0 aliphatic heterocycles. The second-order valence-electron chi connectivity index (χ2n) is 5.17. The summed E-state index contributed by atoms with van der Waals surface area (Å²) in [5.74, 6) is 0. The molecule has 7 heteroatoms. The highest BCUT2D eigenvalue weighted by Gasteiger charge is 1.92. The van der Waals surface area contributed by atoms with E-state index in [1.165, 1.54) is 0 Å². The zero-order chi connectivity index (χ0) is 12.6. The molecule has 0 saturated heterocycles. The molecule has 0 bridgehead atoms. The molecular formula is C10H36N3O4+. The predicted octanol–water partition coefficient (Wildman–Crippen LogP) is -0.563. The highest BCUT2D eigenvalue weighted by Crippen LogP contribution is 1.77. The van der Waals surface area contributed by atoms with E-state index in [1.807, 2.05) is 26.0 Å². The predicted molar refractivity (Wildman–Crippen MR) is 74.8 cm³/mol. The average Bonchev–Trinajstić information content (AvgIpc) is 1.45. The lowest BCUT2D eigenvalue weighted by Crippen LogP contribution is -2.28. The van der Waals surface area contributed by atoms with Crippen LogP contribution < -0.4 is 0 Å². The van der Waals surface area contributed by atoms with E-state index in [2.05, 4.69) is 0 Å². The molecule has 0 aromatic heterocycles. The summed E-state index contributed by atoms with van der Waals surface area (Å²) >= 11 is 0. The summed E-state index contributed by atoms with van der Waals surface area (Å²) in [7, 11) is 15.8. The van der Waals surface area contributed by atoms with Gasteiger partial charge in [-0.2, -0.15) is 4.65 Å². The summed E-state index contributed by atoms with van der Waals surface area (Å²) in [5, 5.41) is 18.5. The highest BCUT2D eigenvalue weighted by molar-refractivity contribution is 4.09. The van der Waals surface area contributed by atoms with Crippen molar-refractivity contribution in [2.45, 2.75) is 7.43 Å². The molecule has 5 N–H and O–H groups in total. The van der Waals surface area contributed by atoms with Crippen molar-refractivity contribution in [2.75, 3.05) is 63.4 Å². The van der Waals surface area contributed by atoms with Gasteiger partial charge in [0.1, 0.15) is 0 Å². The van der Waals surface area contributed by atoms with Crippen LogP contribution in [0.5, 0.6) is 0 Å². The molecule has 7 nitrogen and oxygen atoms in total. The molecule has 0 aromatic rings. The first-order valence-electron chi connectivity index (χ1n) is 4.41. The second-order valence-corrected chi connectivity index (χ2v) is 5.17. The number of hydrogen-bond donors (Lipinski definition) is 1. The fourth-order valence-corrected chi connectivity index (χ4v) is 0. The van der Waals surface area contributed by atoms with Crippen molar-refractivity contribution >= 4 is 0 Å². The molecule has 0 fully saturated rings. The minimum Gasteiger partial charge on any atom is -0.633 e. The van der Waals surface area contributed by atoms with Gasteiger partial charge in [0.15, 0.2) is 0 Å². The number of nitrogens with zero attached hydrogens (tertiary/aromatic N) is 3. The molecule has 17 heavy (non-hydrogen) atoms. The maximum absolute atomic E-state index is 10.0. The van der Waals surface area contributed by atoms with Crippen molar-refractivity contribution in [3.63, 3.8) is 0 Å². The summed E-state index contributed by atoms with van der Waals surface area (Å²) in [4.78, 5) is 2.00. The minimum atomic E-state index is -0.250. The van der Waals surface area contributed by atoms with E-state index in [0.717, 1.165) is 0 Å². The van der Waals surface area contributed by atoms with Crippen molar-refractivity contribution < 1.29 is 25.5 Å². The van der Waals surface area contributed by atoms with Gasteiger partial charge in [0.25, 0.3) is 0 Å². The van der Waals surface area contributed by atoms with Gasteiger partial charge in [-0.1, -0.05) is 7.43 Å². The summed E-state index contributed by atoms with van der Waals surface area (Å²) in [6, 6.07) is 0. The quantitative estimate of drug-likeness (QED) is 0.466. The normalized spacial score (nSPS) is 9.18. The van der Waals surface area contributed by atoms with Crippen LogP contribution in [-0.2, 0) is 0 Å². The molecule has 0 aliphatic carbocycles. The lowest BCUT2D eigenvalue weighted by atomic mass is 11.0. The number of hydrogen-bond acceptors (Lipinski definition) is 3. The van der Waals surface area contributed by atoms with Crippen molar-refractivity contribution in [1.29, 1.82) is 0 Å². The Hall–Kier alpha value is -0.280. The van der Waals surface area contributed by atoms with Gasteiger partial charge < -0.3 is 25.7 Å². The Morgan fingerprint density at radius 2 is 0.824 bits per heavy atom. The molecule has 0 saturated carbocycles. The summed E-state index contributed by atoms with van der Waals surface area (Å²) in [6.45, 7) is 0. The van der Waals surface area contributed by atoms with Crippen molar-refractivity contribution in [3.05, 3.63) is 5.21 Å². The van der Waals surface area contributed by atoms with Crippen molar-refractivity contribution in [3.8, 4) is 0 Å². The Morgan fingerprint density at radius 1 is 0.824 bits per heavy atom.